The molecule has 2 heterocycles. The second-order valence-electron chi connectivity index (χ2n) is 12.2. The van der Waals surface area contributed by atoms with E-state index in [1.54, 1.807) is 81.9 Å². The zero-order valence-electron chi connectivity index (χ0n) is 26.5. The van der Waals surface area contributed by atoms with E-state index >= 15 is 0 Å². The maximum atomic E-state index is 13.9. The highest BCUT2D eigenvalue weighted by molar-refractivity contribution is 6.11. The van der Waals surface area contributed by atoms with Crippen LogP contribution in [-0.2, 0) is 12.4 Å². The topological polar surface area (TPSA) is 81.2 Å². The number of rotatable bonds is 3. The number of alkyl halides is 6. The monoisotopic (exact) mass is 695 g/mol. The molecular formula is C41H19F6N5. The lowest BCUT2D eigenvalue weighted by Gasteiger charge is -2.19. The minimum absolute atomic E-state index is 0.0748. The number of para-hydroxylation sites is 2. The Morgan fingerprint density at radius 3 is 1.23 bits per heavy atom. The van der Waals surface area contributed by atoms with Crippen molar-refractivity contribution in [2.75, 3.05) is 0 Å². The summed E-state index contributed by atoms with van der Waals surface area (Å²) in [7, 11) is 0. The van der Waals surface area contributed by atoms with Crippen LogP contribution in [0.25, 0.3) is 66.1 Å². The molecule has 0 spiro atoms. The highest BCUT2D eigenvalue weighted by atomic mass is 19.4. The van der Waals surface area contributed by atoms with Gasteiger partial charge in [-0.3, -0.25) is 0 Å². The van der Waals surface area contributed by atoms with Crippen LogP contribution < -0.4 is 0 Å². The number of halogens is 6. The second kappa shape index (κ2) is 11.5. The van der Waals surface area contributed by atoms with Gasteiger partial charge in [-0.05, 0) is 90.0 Å². The van der Waals surface area contributed by atoms with Gasteiger partial charge in [-0.25, -0.2) is 0 Å². The van der Waals surface area contributed by atoms with E-state index in [9.17, 15) is 42.1 Å². The van der Waals surface area contributed by atoms with E-state index in [-0.39, 0.29) is 38.8 Å². The summed E-state index contributed by atoms with van der Waals surface area (Å²) in [6, 6.07) is 34.7. The number of benzene rings is 6. The lowest BCUT2D eigenvalue weighted by atomic mass is 9.97. The van der Waals surface area contributed by atoms with Gasteiger partial charge in [-0.15, -0.1) is 0 Å². The number of fused-ring (bicyclic) bond motifs is 6. The maximum absolute atomic E-state index is 13.9. The van der Waals surface area contributed by atoms with Crippen molar-refractivity contribution in [3.8, 4) is 40.7 Å². The second-order valence-corrected chi connectivity index (χ2v) is 12.2. The van der Waals surface area contributed by atoms with Crippen LogP contribution >= 0.6 is 0 Å². The Morgan fingerprint density at radius 1 is 0.423 bits per heavy atom. The quantitative estimate of drug-likeness (QED) is 0.173. The zero-order chi connectivity index (χ0) is 36.5. The van der Waals surface area contributed by atoms with Gasteiger partial charge in [0.1, 0.15) is 11.6 Å². The normalized spacial score (nSPS) is 12.0. The van der Waals surface area contributed by atoms with E-state index in [1.165, 1.54) is 18.2 Å². The summed E-state index contributed by atoms with van der Waals surface area (Å²) in [5.41, 5.74) is 1.89. The molecule has 0 unspecified atom stereocenters. The van der Waals surface area contributed by atoms with Crippen LogP contribution in [0.2, 0.25) is 0 Å². The third kappa shape index (κ3) is 5.01. The van der Waals surface area contributed by atoms with Gasteiger partial charge in [0, 0.05) is 21.5 Å². The SMILES string of the molecule is N#Cc1cc(C#N)cc(-c2cc(-n3c4ccccc4c4cc(C(F)(F)F)ccc43)c(C#N)c(-n3c4ccccc4c4cc(C(F)(F)F)ccc43)c2)c1. The van der Waals surface area contributed by atoms with E-state index in [0.29, 0.717) is 44.0 Å². The number of aromatic nitrogens is 2. The molecule has 0 aliphatic rings. The first-order chi connectivity index (χ1) is 24.9. The Labute approximate surface area is 290 Å². The van der Waals surface area contributed by atoms with E-state index in [1.807, 2.05) is 0 Å². The predicted octanol–water partition coefficient (Wildman–Crippen LogP) is 11.2. The lowest BCUT2D eigenvalue weighted by Crippen LogP contribution is -2.07. The van der Waals surface area contributed by atoms with Crippen molar-refractivity contribution in [3.05, 3.63) is 143 Å². The molecule has 5 nitrogen and oxygen atoms in total. The molecule has 0 saturated carbocycles. The molecule has 0 radical (unpaired) electrons. The number of hydrogen-bond donors (Lipinski definition) is 0. The first-order valence-electron chi connectivity index (χ1n) is 15.7. The molecule has 6 aromatic carbocycles. The van der Waals surface area contributed by atoms with Crippen molar-refractivity contribution in [2.45, 2.75) is 12.4 Å². The zero-order valence-corrected chi connectivity index (χ0v) is 26.5. The summed E-state index contributed by atoms with van der Waals surface area (Å²) in [6.07, 6.45) is -9.23. The van der Waals surface area contributed by atoms with Gasteiger partial charge in [-0.2, -0.15) is 42.1 Å². The third-order valence-corrected chi connectivity index (χ3v) is 9.21. The summed E-state index contributed by atoms with van der Waals surface area (Å²) in [5, 5.41) is 32.1. The van der Waals surface area contributed by atoms with Crippen LogP contribution in [0.1, 0.15) is 27.8 Å². The molecule has 0 aliphatic heterocycles. The molecule has 2 aromatic heterocycles. The van der Waals surface area contributed by atoms with E-state index in [2.05, 4.69) is 18.2 Å². The average molecular weight is 696 g/mol. The van der Waals surface area contributed by atoms with Crippen LogP contribution in [0.5, 0.6) is 0 Å². The van der Waals surface area contributed by atoms with Gasteiger partial charge in [0.25, 0.3) is 0 Å². The van der Waals surface area contributed by atoms with Crippen LogP contribution in [0.3, 0.4) is 0 Å². The summed E-state index contributed by atoms with van der Waals surface area (Å²) in [6.45, 7) is 0. The predicted molar refractivity (Wildman–Crippen MR) is 185 cm³/mol. The van der Waals surface area contributed by atoms with Crippen LogP contribution in [0.15, 0.2) is 115 Å². The van der Waals surface area contributed by atoms with Crippen molar-refractivity contribution in [3.63, 3.8) is 0 Å². The van der Waals surface area contributed by atoms with Crippen LogP contribution in [0, 0.1) is 34.0 Å². The fourth-order valence-corrected chi connectivity index (χ4v) is 6.99. The molecule has 52 heavy (non-hydrogen) atoms. The Kier molecular flexibility index (Phi) is 7.13. The van der Waals surface area contributed by atoms with E-state index in [4.69, 9.17) is 0 Å². The van der Waals surface area contributed by atoms with Crippen molar-refractivity contribution in [2.24, 2.45) is 0 Å². The Bertz CT molecular complexity index is 2740. The molecule has 250 valence electrons. The number of nitrogens with zero attached hydrogens (tertiary/aromatic N) is 5. The van der Waals surface area contributed by atoms with Gasteiger partial charge in [0.2, 0.25) is 0 Å². The molecule has 0 aliphatic carbocycles. The Balaban J connectivity index is 1.55. The highest BCUT2D eigenvalue weighted by Crippen LogP contribution is 2.42. The molecule has 8 aromatic rings. The minimum atomic E-state index is -4.62. The fourth-order valence-electron chi connectivity index (χ4n) is 6.99. The summed E-state index contributed by atoms with van der Waals surface area (Å²) in [5.74, 6) is 0. The lowest BCUT2D eigenvalue weighted by molar-refractivity contribution is -0.138. The van der Waals surface area contributed by atoms with Gasteiger partial charge in [0.15, 0.2) is 0 Å². The summed E-state index contributed by atoms with van der Waals surface area (Å²) >= 11 is 0. The van der Waals surface area contributed by atoms with E-state index in [0.717, 1.165) is 24.3 Å². The highest BCUT2D eigenvalue weighted by Gasteiger charge is 2.33. The molecule has 8 rings (SSSR count). The smallest absolute Gasteiger partial charge is 0.308 e. The maximum Gasteiger partial charge on any atom is 0.416 e. The van der Waals surface area contributed by atoms with Gasteiger partial charge < -0.3 is 9.13 Å². The molecule has 0 N–H and O–H groups in total. The molecule has 0 amide bonds. The third-order valence-electron chi connectivity index (χ3n) is 9.21. The molecule has 0 fully saturated rings. The van der Waals surface area contributed by atoms with Gasteiger partial charge in [0.05, 0.1) is 67.8 Å². The van der Waals surface area contributed by atoms with Crippen LogP contribution in [-0.4, -0.2) is 9.13 Å². The largest absolute Gasteiger partial charge is 0.416 e. The first kappa shape index (κ1) is 32.2. The first-order valence-corrected chi connectivity index (χ1v) is 15.7. The molecule has 11 heteroatoms. The Hall–Kier alpha value is -7.03. The molecule has 0 atom stereocenters. The standard InChI is InChI=1S/C41H19F6N5/c42-40(43,44)27-9-11-36-31(18-27)29-5-1-3-7-34(29)51(36)38-16-26(25-14-23(20-48)13-24(15-25)21-49)17-39(33(38)22-50)52-35-8-4-2-6-30(35)32-19-28(41(45,46)47)10-12-37(32)52/h1-19H. The van der Waals surface area contributed by atoms with E-state index < -0.39 is 23.5 Å². The van der Waals surface area contributed by atoms with Crippen molar-refractivity contribution < 1.29 is 26.3 Å². The Morgan fingerprint density at radius 2 is 0.827 bits per heavy atom. The molecule has 0 saturated heterocycles. The molecular weight excluding hydrogens is 676 g/mol. The molecule has 0 bridgehead atoms. The van der Waals surface area contributed by atoms with Crippen LogP contribution in [0.4, 0.5) is 26.3 Å². The minimum Gasteiger partial charge on any atom is -0.308 e. The summed E-state index contributed by atoms with van der Waals surface area (Å²) < 4.78 is 86.9. The number of nitriles is 3. The van der Waals surface area contributed by atoms with Crippen molar-refractivity contribution >= 4 is 43.6 Å². The fraction of sp³-hybridized carbons (Fsp3) is 0.0488. The van der Waals surface area contributed by atoms with Crippen molar-refractivity contribution in [1.29, 1.82) is 15.8 Å². The average Bonchev–Trinajstić information content (AvgIpc) is 3.65. The van der Waals surface area contributed by atoms with Gasteiger partial charge >= 0.3 is 12.4 Å². The summed E-state index contributed by atoms with van der Waals surface area (Å²) in [4.78, 5) is 0. The number of hydrogen-bond acceptors (Lipinski definition) is 3. The van der Waals surface area contributed by atoms with Crippen molar-refractivity contribution in [1.82, 2.24) is 9.13 Å². The van der Waals surface area contributed by atoms with Gasteiger partial charge in [-0.1, -0.05) is 36.4 Å².